The van der Waals surface area contributed by atoms with Crippen LogP contribution in [0.1, 0.15) is 0 Å². The van der Waals surface area contributed by atoms with Crippen molar-refractivity contribution in [3.05, 3.63) is 24.3 Å². The summed E-state index contributed by atoms with van der Waals surface area (Å²) in [5.41, 5.74) is 6.45. The van der Waals surface area contributed by atoms with Crippen molar-refractivity contribution in [1.29, 1.82) is 0 Å². The van der Waals surface area contributed by atoms with E-state index < -0.39 is 0 Å². The van der Waals surface area contributed by atoms with Crippen molar-refractivity contribution in [2.45, 2.75) is 8.68 Å². The van der Waals surface area contributed by atoms with Crippen LogP contribution in [0.3, 0.4) is 0 Å². The molecular weight excluding hydrogens is 286 g/mol. The van der Waals surface area contributed by atoms with E-state index in [2.05, 4.69) is 10.2 Å². The first-order chi connectivity index (χ1) is 8.79. The van der Waals surface area contributed by atoms with E-state index in [0.29, 0.717) is 12.3 Å². The largest absolute Gasteiger partial charge is 0.491 e. The van der Waals surface area contributed by atoms with Gasteiger partial charge in [-0.1, -0.05) is 47.0 Å². The molecule has 0 fully saturated rings. The van der Waals surface area contributed by atoms with E-state index in [1.165, 1.54) is 0 Å². The standard InChI is InChI=1S/C11H13N3OS3/c1-16-10-13-14-11(18-10)17-7-6-15-9-5-3-2-4-8(9)12/h2-5H,6-7,12H2,1H3. The minimum Gasteiger partial charge on any atom is -0.491 e. The number of nitrogen functional groups attached to an aromatic ring is 1. The Bertz CT molecular complexity index is 504. The second-order valence-corrected chi connectivity index (χ2v) is 6.65. The Morgan fingerprint density at radius 2 is 2.06 bits per heavy atom. The van der Waals surface area contributed by atoms with Crippen LogP contribution in [0, 0.1) is 0 Å². The molecule has 2 N–H and O–H groups in total. The van der Waals surface area contributed by atoms with E-state index >= 15 is 0 Å². The molecule has 0 bridgehead atoms. The van der Waals surface area contributed by atoms with Crippen LogP contribution < -0.4 is 10.5 Å². The van der Waals surface area contributed by atoms with E-state index in [1.807, 2.05) is 30.5 Å². The summed E-state index contributed by atoms with van der Waals surface area (Å²) < 4.78 is 7.56. The highest BCUT2D eigenvalue weighted by Gasteiger charge is 2.04. The Hall–Kier alpha value is -0.920. The first-order valence-electron chi connectivity index (χ1n) is 5.27. The van der Waals surface area contributed by atoms with Crippen LogP contribution in [0.2, 0.25) is 0 Å². The fourth-order valence-corrected chi connectivity index (χ4v) is 3.56. The quantitative estimate of drug-likeness (QED) is 0.502. The molecule has 7 heteroatoms. The predicted octanol–water partition coefficient (Wildman–Crippen LogP) is 3.01. The van der Waals surface area contributed by atoms with Crippen LogP contribution in [-0.2, 0) is 0 Å². The van der Waals surface area contributed by atoms with Crippen molar-refractivity contribution in [3.63, 3.8) is 0 Å². The molecule has 0 amide bonds. The SMILES string of the molecule is CSc1nnc(SCCOc2ccccc2N)s1. The van der Waals surface area contributed by atoms with Gasteiger partial charge in [0.1, 0.15) is 5.75 Å². The van der Waals surface area contributed by atoms with Gasteiger partial charge in [-0.15, -0.1) is 10.2 Å². The number of rotatable bonds is 6. The molecule has 0 spiro atoms. The van der Waals surface area contributed by atoms with Crippen molar-refractivity contribution >= 4 is 40.5 Å². The minimum absolute atomic E-state index is 0.604. The van der Waals surface area contributed by atoms with Gasteiger partial charge in [0.05, 0.1) is 12.3 Å². The Kier molecular flexibility index (Phi) is 5.15. The van der Waals surface area contributed by atoms with Crippen molar-refractivity contribution in [1.82, 2.24) is 10.2 Å². The zero-order chi connectivity index (χ0) is 12.8. The van der Waals surface area contributed by atoms with Crippen LogP contribution in [0.4, 0.5) is 5.69 Å². The molecule has 1 heterocycles. The molecule has 4 nitrogen and oxygen atoms in total. The number of hydrogen-bond acceptors (Lipinski definition) is 7. The maximum Gasteiger partial charge on any atom is 0.175 e. The van der Waals surface area contributed by atoms with Gasteiger partial charge in [0.15, 0.2) is 8.68 Å². The summed E-state index contributed by atoms with van der Waals surface area (Å²) in [5, 5.41) is 8.12. The first-order valence-corrected chi connectivity index (χ1v) is 8.30. The third kappa shape index (κ3) is 3.79. The van der Waals surface area contributed by atoms with Gasteiger partial charge in [-0.25, -0.2) is 0 Å². The number of ether oxygens (including phenoxy) is 1. The van der Waals surface area contributed by atoms with Crippen molar-refractivity contribution < 1.29 is 4.74 Å². The topological polar surface area (TPSA) is 61.0 Å². The third-order valence-corrected chi connectivity index (χ3v) is 5.04. The molecule has 0 saturated carbocycles. The number of benzene rings is 1. The first kappa shape index (κ1) is 13.5. The molecule has 0 unspecified atom stereocenters. The predicted molar refractivity (Wildman–Crippen MR) is 78.8 cm³/mol. The molecule has 96 valence electrons. The lowest BCUT2D eigenvalue weighted by Gasteiger charge is -2.07. The van der Waals surface area contributed by atoms with Crippen LogP contribution in [0.15, 0.2) is 32.9 Å². The average molecular weight is 299 g/mol. The van der Waals surface area contributed by atoms with Gasteiger partial charge in [-0.2, -0.15) is 0 Å². The Balaban J connectivity index is 1.74. The Labute approximate surface area is 118 Å². The van der Waals surface area contributed by atoms with Gasteiger partial charge in [0, 0.05) is 5.75 Å². The lowest BCUT2D eigenvalue weighted by molar-refractivity contribution is 0.346. The van der Waals surface area contributed by atoms with Gasteiger partial charge < -0.3 is 10.5 Å². The highest BCUT2D eigenvalue weighted by Crippen LogP contribution is 2.27. The van der Waals surface area contributed by atoms with E-state index in [4.69, 9.17) is 10.5 Å². The molecule has 0 aliphatic heterocycles. The molecule has 0 aliphatic carbocycles. The molecule has 18 heavy (non-hydrogen) atoms. The monoisotopic (exact) mass is 299 g/mol. The normalized spacial score (nSPS) is 10.5. The molecule has 0 atom stereocenters. The third-order valence-electron chi connectivity index (χ3n) is 2.05. The van der Waals surface area contributed by atoms with Gasteiger partial charge in [0.2, 0.25) is 0 Å². The lowest BCUT2D eigenvalue weighted by Crippen LogP contribution is -2.02. The number of nitrogens with two attached hydrogens (primary N) is 1. The average Bonchev–Trinajstić information content (AvgIpc) is 2.84. The van der Waals surface area contributed by atoms with Crippen molar-refractivity contribution in [2.75, 3.05) is 24.3 Å². The number of anilines is 1. The van der Waals surface area contributed by atoms with Crippen LogP contribution >= 0.6 is 34.9 Å². The second kappa shape index (κ2) is 6.86. The smallest absolute Gasteiger partial charge is 0.175 e. The molecule has 1 aromatic heterocycles. The van der Waals surface area contributed by atoms with Crippen LogP contribution in [0.5, 0.6) is 5.75 Å². The van der Waals surface area contributed by atoms with E-state index in [9.17, 15) is 0 Å². The second-order valence-electron chi connectivity index (χ2n) is 3.27. The molecule has 0 aliphatic rings. The zero-order valence-electron chi connectivity index (χ0n) is 9.83. The summed E-state index contributed by atoms with van der Waals surface area (Å²) >= 11 is 4.86. The van der Waals surface area contributed by atoms with Gasteiger partial charge in [0.25, 0.3) is 0 Å². The van der Waals surface area contributed by atoms with E-state index in [1.54, 1.807) is 34.9 Å². The molecule has 2 aromatic rings. The molecule has 0 radical (unpaired) electrons. The fraction of sp³-hybridized carbons (Fsp3) is 0.273. The van der Waals surface area contributed by atoms with Crippen LogP contribution in [0.25, 0.3) is 0 Å². The molecule has 2 rings (SSSR count). The lowest BCUT2D eigenvalue weighted by atomic mass is 10.3. The van der Waals surface area contributed by atoms with Crippen LogP contribution in [-0.4, -0.2) is 28.8 Å². The highest BCUT2D eigenvalue weighted by atomic mass is 32.2. The minimum atomic E-state index is 0.604. The highest BCUT2D eigenvalue weighted by molar-refractivity contribution is 8.02. The van der Waals surface area contributed by atoms with Gasteiger partial charge in [-0.05, 0) is 18.4 Å². The summed E-state index contributed by atoms with van der Waals surface area (Å²) in [7, 11) is 0. The summed E-state index contributed by atoms with van der Waals surface area (Å²) in [6, 6.07) is 7.51. The van der Waals surface area contributed by atoms with Crippen molar-refractivity contribution in [3.8, 4) is 5.75 Å². The summed E-state index contributed by atoms with van der Waals surface area (Å²) in [5.74, 6) is 1.57. The summed E-state index contributed by atoms with van der Waals surface area (Å²) in [6.45, 7) is 0.604. The van der Waals surface area contributed by atoms with E-state index in [-0.39, 0.29) is 0 Å². The molecular formula is C11H13N3OS3. The van der Waals surface area contributed by atoms with Crippen molar-refractivity contribution in [2.24, 2.45) is 0 Å². The van der Waals surface area contributed by atoms with E-state index in [0.717, 1.165) is 20.2 Å². The number of aromatic nitrogens is 2. The fourth-order valence-electron chi connectivity index (χ4n) is 1.23. The van der Waals surface area contributed by atoms with Gasteiger partial charge >= 0.3 is 0 Å². The Morgan fingerprint density at radius 1 is 1.28 bits per heavy atom. The number of thioether (sulfide) groups is 2. The molecule has 0 saturated heterocycles. The number of hydrogen-bond donors (Lipinski definition) is 1. The summed E-state index contributed by atoms with van der Waals surface area (Å²) in [4.78, 5) is 0. The van der Waals surface area contributed by atoms with Gasteiger partial charge in [-0.3, -0.25) is 0 Å². The maximum atomic E-state index is 5.78. The number of para-hydroxylation sites is 2. The summed E-state index contributed by atoms with van der Waals surface area (Å²) in [6.07, 6.45) is 2.00. The Morgan fingerprint density at radius 3 is 2.78 bits per heavy atom. The number of nitrogens with zero attached hydrogens (tertiary/aromatic N) is 2. The maximum absolute atomic E-state index is 5.78. The molecule has 1 aromatic carbocycles. The zero-order valence-corrected chi connectivity index (χ0v) is 12.3.